The minimum atomic E-state index is -0.783. The van der Waals surface area contributed by atoms with E-state index in [0.29, 0.717) is 30.3 Å². The van der Waals surface area contributed by atoms with Gasteiger partial charge in [0.05, 0.1) is 0 Å². The maximum absolute atomic E-state index is 11.6. The van der Waals surface area contributed by atoms with Gasteiger partial charge in [-0.3, -0.25) is 4.98 Å². The number of piperidine rings is 1. The lowest BCUT2D eigenvalue weighted by molar-refractivity contribution is -0.139. The molecule has 0 aromatic carbocycles. The highest BCUT2D eigenvalue weighted by Crippen LogP contribution is 2.29. The largest absolute Gasteiger partial charge is 0.480 e. The summed E-state index contributed by atoms with van der Waals surface area (Å²) in [6.07, 6.45) is 5.91. The van der Waals surface area contributed by atoms with Crippen molar-refractivity contribution in [2.24, 2.45) is 5.92 Å². The SMILES string of the molecule is CCC1CCN(c2ccc3nccnc3n2)C(C(=O)O)C1. The molecule has 21 heavy (non-hydrogen) atoms. The molecule has 1 saturated heterocycles. The highest BCUT2D eigenvalue weighted by atomic mass is 16.4. The topological polar surface area (TPSA) is 79.2 Å². The van der Waals surface area contributed by atoms with Gasteiger partial charge < -0.3 is 10.0 Å². The van der Waals surface area contributed by atoms with Crippen LogP contribution in [0.4, 0.5) is 5.82 Å². The third-order valence-corrected chi connectivity index (χ3v) is 4.18. The molecule has 0 radical (unpaired) electrons. The fourth-order valence-electron chi connectivity index (χ4n) is 2.92. The monoisotopic (exact) mass is 286 g/mol. The highest BCUT2D eigenvalue weighted by molar-refractivity contribution is 5.79. The lowest BCUT2D eigenvalue weighted by Crippen LogP contribution is -2.47. The van der Waals surface area contributed by atoms with E-state index < -0.39 is 12.0 Å². The van der Waals surface area contributed by atoms with Crippen LogP contribution in [0.15, 0.2) is 24.5 Å². The number of carbonyl (C=O) groups is 1. The van der Waals surface area contributed by atoms with E-state index in [9.17, 15) is 9.90 Å². The number of hydrogen-bond donors (Lipinski definition) is 1. The molecule has 110 valence electrons. The number of carboxylic acid groups (broad SMARTS) is 1. The van der Waals surface area contributed by atoms with E-state index in [0.717, 1.165) is 18.4 Å². The normalized spacial score (nSPS) is 22.4. The van der Waals surface area contributed by atoms with Crippen molar-refractivity contribution in [1.29, 1.82) is 0 Å². The zero-order valence-corrected chi connectivity index (χ0v) is 11.9. The summed E-state index contributed by atoms with van der Waals surface area (Å²) in [4.78, 5) is 26.3. The Morgan fingerprint density at radius 1 is 1.38 bits per heavy atom. The van der Waals surface area contributed by atoms with Gasteiger partial charge in [-0.05, 0) is 30.9 Å². The molecule has 0 spiro atoms. The minimum absolute atomic E-state index is 0.475. The van der Waals surface area contributed by atoms with Crippen LogP contribution >= 0.6 is 0 Å². The van der Waals surface area contributed by atoms with Crippen LogP contribution in [0, 0.1) is 5.92 Å². The maximum atomic E-state index is 11.6. The smallest absolute Gasteiger partial charge is 0.326 e. The second-order valence-corrected chi connectivity index (χ2v) is 5.41. The Morgan fingerprint density at radius 2 is 2.19 bits per heavy atom. The molecule has 0 amide bonds. The second-order valence-electron chi connectivity index (χ2n) is 5.41. The van der Waals surface area contributed by atoms with Crippen LogP contribution in [-0.2, 0) is 4.79 Å². The van der Waals surface area contributed by atoms with Crippen LogP contribution in [0.1, 0.15) is 26.2 Å². The summed E-state index contributed by atoms with van der Waals surface area (Å²) in [6.45, 7) is 2.83. The molecule has 1 fully saturated rings. The fraction of sp³-hybridized carbons (Fsp3) is 0.467. The van der Waals surface area contributed by atoms with Gasteiger partial charge >= 0.3 is 5.97 Å². The van der Waals surface area contributed by atoms with E-state index in [1.807, 2.05) is 17.0 Å². The molecule has 1 aliphatic heterocycles. The van der Waals surface area contributed by atoms with E-state index >= 15 is 0 Å². The molecule has 3 rings (SSSR count). The summed E-state index contributed by atoms with van der Waals surface area (Å²) < 4.78 is 0. The van der Waals surface area contributed by atoms with Gasteiger partial charge in [0.25, 0.3) is 0 Å². The number of aromatic nitrogens is 3. The third kappa shape index (κ3) is 2.66. The summed E-state index contributed by atoms with van der Waals surface area (Å²) in [5.74, 6) is 0.363. The number of fused-ring (bicyclic) bond motifs is 1. The van der Waals surface area contributed by atoms with Crippen molar-refractivity contribution in [3.8, 4) is 0 Å². The van der Waals surface area contributed by atoms with Gasteiger partial charge in [0.1, 0.15) is 17.4 Å². The number of anilines is 1. The number of nitrogens with zero attached hydrogens (tertiary/aromatic N) is 4. The Kier molecular flexibility index (Phi) is 3.68. The summed E-state index contributed by atoms with van der Waals surface area (Å²) in [5.41, 5.74) is 1.27. The van der Waals surface area contributed by atoms with Crippen LogP contribution in [0.25, 0.3) is 11.2 Å². The first-order valence-electron chi connectivity index (χ1n) is 7.26. The Hall–Kier alpha value is -2.24. The minimum Gasteiger partial charge on any atom is -0.480 e. The van der Waals surface area contributed by atoms with Gasteiger partial charge in [-0.25, -0.2) is 14.8 Å². The highest BCUT2D eigenvalue weighted by Gasteiger charge is 2.33. The Morgan fingerprint density at radius 3 is 2.95 bits per heavy atom. The van der Waals surface area contributed by atoms with Crippen molar-refractivity contribution in [2.75, 3.05) is 11.4 Å². The van der Waals surface area contributed by atoms with Crippen LogP contribution in [0.3, 0.4) is 0 Å². The van der Waals surface area contributed by atoms with Gasteiger partial charge in [0, 0.05) is 18.9 Å². The van der Waals surface area contributed by atoms with E-state index in [1.54, 1.807) is 12.4 Å². The van der Waals surface area contributed by atoms with Gasteiger partial charge in [-0.1, -0.05) is 13.3 Å². The van der Waals surface area contributed by atoms with E-state index in [1.165, 1.54) is 0 Å². The molecule has 2 aromatic heterocycles. The first-order chi connectivity index (χ1) is 10.2. The average Bonchev–Trinajstić information content (AvgIpc) is 2.53. The van der Waals surface area contributed by atoms with E-state index in [-0.39, 0.29) is 0 Å². The van der Waals surface area contributed by atoms with Gasteiger partial charge in [0.2, 0.25) is 0 Å². The van der Waals surface area contributed by atoms with E-state index in [2.05, 4.69) is 21.9 Å². The molecule has 0 aliphatic carbocycles. The molecule has 2 unspecified atom stereocenters. The van der Waals surface area contributed by atoms with Crippen molar-refractivity contribution in [3.05, 3.63) is 24.5 Å². The first-order valence-corrected chi connectivity index (χ1v) is 7.26. The third-order valence-electron chi connectivity index (χ3n) is 4.18. The molecule has 0 bridgehead atoms. The Labute approximate surface area is 122 Å². The number of hydrogen-bond acceptors (Lipinski definition) is 5. The molecule has 0 saturated carbocycles. The van der Waals surface area contributed by atoms with Crippen molar-refractivity contribution in [2.45, 2.75) is 32.2 Å². The molecule has 6 heteroatoms. The number of pyridine rings is 1. The van der Waals surface area contributed by atoms with Crippen molar-refractivity contribution < 1.29 is 9.90 Å². The van der Waals surface area contributed by atoms with Crippen molar-refractivity contribution in [3.63, 3.8) is 0 Å². The second kappa shape index (κ2) is 5.63. The van der Waals surface area contributed by atoms with Crippen LogP contribution in [0.5, 0.6) is 0 Å². The van der Waals surface area contributed by atoms with Crippen molar-refractivity contribution in [1.82, 2.24) is 15.0 Å². The molecule has 2 atom stereocenters. The number of aliphatic carboxylic acids is 1. The Bertz CT molecular complexity index is 661. The fourth-order valence-corrected chi connectivity index (χ4v) is 2.92. The van der Waals surface area contributed by atoms with Crippen molar-refractivity contribution >= 4 is 23.0 Å². The molecule has 3 heterocycles. The maximum Gasteiger partial charge on any atom is 0.326 e. The zero-order chi connectivity index (χ0) is 14.8. The van der Waals surface area contributed by atoms with Gasteiger partial charge in [0.15, 0.2) is 5.65 Å². The molecule has 2 aromatic rings. The summed E-state index contributed by atoms with van der Waals surface area (Å²) in [7, 11) is 0. The van der Waals surface area contributed by atoms with E-state index in [4.69, 9.17) is 0 Å². The summed E-state index contributed by atoms with van der Waals surface area (Å²) >= 11 is 0. The molecule has 6 nitrogen and oxygen atoms in total. The van der Waals surface area contributed by atoms with Crippen LogP contribution < -0.4 is 4.90 Å². The quantitative estimate of drug-likeness (QED) is 0.931. The average molecular weight is 286 g/mol. The summed E-state index contributed by atoms with van der Waals surface area (Å²) in [5, 5.41) is 9.50. The van der Waals surface area contributed by atoms with Gasteiger partial charge in [-0.15, -0.1) is 0 Å². The predicted molar refractivity (Wildman–Crippen MR) is 79.1 cm³/mol. The zero-order valence-electron chi connectivity index (χ0n) is 11.9. The first kappa shape index (κ1) is 13.7. The van der Waals surface area contributed by atoms with Gasteiger partial charge in [-0.2, -0.15) is 0 Å². The predicted octanol–water partition coefficient (Wildman–Crippen LogP) is 2.10. The lowest BCUT2D eigenvalue weighted by atomic mass is 9.89. The number of rotatable bonds is 3. The van der Waals surface area contributed by atoms with Crippen LogP contribution in [-0.4, -0.2) is 38.6 Å². The summed E-state index contributed by atoms with van der Waals surface area (Å²) in [6, 6.07) is 3.17. The van der Waals surface area contributed by atoms with Crippen LogP contribution in [0.2, 0.25) is 0 Å². The molecular formula is C15H18N4O2. The Balaban J connectivity index is 1.94. The molecule has 1 aliphatic rings. The standard InChI is InChI=1S/C15H18N4O2/c1-2-10-5-8-19(12(9-10)15(20)21)13-4-3-11-14(18-13)17-7-6-16-11/h3-4,6-7,10,12H,2,5,8-9H2,1H3,(H,20,21). The number of carboxylic acids is 1. The molecule has 1 N–H and O–H groups in total. The lowest BCUT2D eigenvalue weighted by Gasteiger charge is -2.37. The molecular weight excluding hydrogens is 268 g/mol.